The summed E-state index contributed by atoms with van der Waals surface area (Å²) in [6, 6.07) is 15.6. The fourth-order valence-electron chi connectivity index (χ4n) is 3.06. The minimum Gasteiger partial charge on any atom is -0.322 e. The number of pyridine rings is 1. The summed E-state index contributed by atoms with van der Waals surface area (Å²) in [5.41, 5.74) is 3.76. The molecule has 0 aliphatic carbocycles. The Hall–Kier alpha value is -3.91. The molecule has 2 heterocycles. The molecule has 0 bridgehead atoms. The molecule has 148 valence electrons. The number of nitrogens with one attached hydrogen (secondary N) is 1. The molecule has 8 heteroatoms. The quantitative estimate of drug-likeness (QED) is 0.350. The van der Waals surface area contributed by atoms with Gasteiger partial charge in [0.1, 0.15) is 5.01 Å². The van der Waals surface area contributed by atoms with Crippen LogP contribution in [0.2, 0.25) is 0 Å². The predicted molar refractivity (Wildman–Crippen MR) is 117 cm³/mol. The number of nitro groups is 1. The van der Waals surface area contributed by atoms with Crippen molar-refractivity contribution in [3.8, 4) is 21.8 Å². The zero-order valence-corrected chi connectivity index (χ0v) is 16.7. The van der Waals surface area contributed by atoms with Gasteiger partial charge in [0, 0.05) is 51.8 Å². The minimum atomic E-state index is -0.491. The molecule has 2 aromatic carbocycles. The maximum absolute atomic E-state index is 12.7. The monoisotopic (exact) mass is 416 g/mol. The molecular weight excluding hydrogens is 400 g/mol. The fraction of sp³-hybridized carbons (Fsp3) is 0.0455. The number of nitro benzene ring substituents is 1. The lowest BCUT2D eigenvalue weighted by molar-refractivity contribution is -0.385. The van der Waals surface area contributed by atoms with Crippen LogP contribution in [0.15, 0.2) is 72.4 Å². The molecule has 0 unspecified atom stereocenters. The van der Waals surface area contributed by atoms with E-state index in [2.05, 4.69) is 15.3 Å². The Bertz CT molecular complexity index is 1240. The number of carbonyl (C=O) groups is 1. The topological polar surface area (TPSA) is 98.0 Å². The number of hydrogen-bond acceptors (Lipinski definition) is 6. The Morgan fingerprint density at radius 2 is 1.83 bits per heavy atom. The third-order valence-corrected chi connectivity index (χ3v) is 5.49. The van der Waals surface area contributed by atoms with Gasteiger partial charge in [-0.3, -0.25) is 19.9 Å². The number of carbonyl (C=O) groups excluding carboxylic acids is 1. The van der Waals surface area contributed by atoms with Crippen LogP contribution in [0.4, 0.5) is 11.4 Å². The molecule has 0 atom stereocenters. The van der Waals surface area contributed by atoms with Crippen molar-refractivity contribution in [3.63, 3.8) is 0 Å². The van der Waals surface area contributed by atoms with E-state index in [0.29, 0.717) is 11.3 Å². The van der Waals surface area contributed by atoms with Crippen molar-refractivity contribution in [1.29, 1.82) is 0 Å². The average molecular weight is 416 g/mol. The lowest BCUT2D eigenvalue weighted by Gasteiger charge is -2.09. The van der Waals surface area contributed by atoms with Crippen LogP contribution in [0.5, 0.6) is 0 Å². The number of anilines is 1. The Labute approximate surface area is 176 Å². The van der Waals surface area contributed by atoms with E-state index >= 15 is 0 Å². The third kappa shape index (κ3) is 3.94. The van der Waals surface area contributed by atoms with E-state index in [-0.39, 0.29) is 11.3 Å². The first-order valence-electron chi connectivity index (χ1n) is 9.04. The molecule has 0 saturated carbocycles. The Morgan fingerprint density at radius 1 is 1.07 bits per heavy atom. The van der Waals surface area contributed by atoms with Crippen LogP contribution < -0.4 is 5.32 Å². The highest BCUT2D eigenvalue weighted by molar-refractivity contribution is 7.13. The maximum Gasteiger partial charge on any atom is 0.273 e. The van der Waals surface area contributed by atoms with E-state index in [1.54, 1.807) is 31.5 Å². The number of benzene rings is 2. The molecule has 1 N–H and O–H groups in total. The number of nitrogens with zero attached hydrogens (tertiary/aromatic N) is 3. The summed E-state index contributed by atoms with van der Waals surface area (Å²) in [6.07, 6.45) is 3.45. The van der Waals surface area contributed by atoms with Gasteiger partial charge in [-0.1, -0.05) is 18.2 Å². The van der Waals surface area contributed by atoms with E-state index in [0.717, 1.165) is 21.8 Å². The highest BCUT2D eigenvalue weighted by Gasteiger charge is 2.18. The Morgan fingerprint density at radius 3 is 2.60 bits per heavy atom. The van der Waals surface area contributed by atoms with E-state index in [4.69, 9.17) is 0 Å². The lowest BCUT2D eigenvalue weighted by atomic mass is 10.1. The molecule has 1 amide bonds. The van der Waals surface area contributed by atoms with Crippen molar-refractivity contribution >= 4 is 28.6 Å². The average Bonchev–Trinajstić information content (AvgIpc) is 3.25. The SMILES string of the molecule is Cc1c(C(=O)Nc2cccc(-c3csc(-c4ccncc4)n3)c2)cccc1[N+](=O)[O-]. The van der Waals surface area contributed by atoms with Crippen molar-refractivity contribution in [2.45, 2.75) is 6.92 Å². The number of aromatic nitrogens is 2. The molecule has 0 spiro atoms. The van der Waals surface area contributed by atoms with Crippen molar-refractivity contribution < 1.29 is 9.72 Å². The molecule has 0 saturated heterocycles. The van der Waals surface area contributed by atoms with Gasteiger partial charge in [-0.2, -0.15) is 0 Å². The standard InChI is InChI=1S/C22H16N4O3S/c1-14-18(6-3-7-20(14)26(28)29)21(27)24-17-5-2-4-16(12-17)19-13-30-22(25-19)15-8-10-23-11-9-15/h2-13H,1H3,(H,24,27). The molecule has 0 fully saturated rings. The molecular formula is C22H16N4O3S. The number of hydrogen-bond donors (Lipinski definition) is 1. The van der Waals surface area contributed by atoms with Crippen LogP contribution in [0.3, 0.4) is 0 Å². The van der Waals surface area contributed by atoms with Crippen molar-refractivity contribution in [2.75, 3.05) is 5.32 Å². The van der Waals surface area contributed by atoms with Gasteiger partial charge >= 0.3 is 0 Å². The summed E-state index contributed by atoms with van der Waals surface area (Å²) in [6.45, 7) is 1.57. The van der Waals surface area contributed by atoms with E-state index in [9.17, 15) is 14.9 Å². The van der Waals surface area contributed by atoms with Gasteiger partial charge in [-0.25, -0.2) is 4.98 Å². The van der Waals surface area contributed by atoms with Crippen LogP contribution in [-0.4, -0.2) is 20.8 Å². The molecule has 4 aromatic rings. The van der Waals surface area contributed by atoms with Gasteiger partial charge in [-0.15, -0.1) is 11.3 Å². The largest absolute Gasteiger partial charge is 0.322 e. The van der Waals surface area contributed by atoms with Gasteiger partial charge in [-0.05, 0) is 37.3 Å². The first-order valence-corrected chi connectivity index (χ1v) is 9.92. The zero-order valence-electron chi connectivity index (χ0n) is 15.9. The summed E-state index contributed by atoms with van der Waals surface area (Å²) >= 11 is 1.53. The summed E-state index contributed by atoms with van der Waals surface area (Å²) in [4.78, 5) is 32.0. The summed E-state index contributed by atoms with van der Waals surface area (Å²) in [5, 5.41) is 16.8. The van der Waals surface area contributed by atoms with Gasteiger partial charge < -0.3 is 5.32 Å². The predicted octanol–water partition coefficient (Wildman–Crippen LogP) is 5.34. The first-order chi connectivity index (χ1) is 14.5. The van der Waals surface area contributed by atoms with Crippen LogP contribution in [0.1, 0.15) is 15.9 Å². The molecule has 0 aliphatic rings. The highest BCUT2D eigenvalue weighted by Crippen LogP contribution is 2.30. The van der Waals surface area contributed by atoms with E-state index in [1.807, 2.05) is 35.7 Å². The first kappa shape index (κ1) is 19.4. The fourth-order valence-corrected chi connectivity index (χ4v) is 3.89. The zero-order chi connectivity index (χ0) is 21.1. The molecule has 0 aliphatic heterocycles. The van der Waals surface area contributed by atoms with Gasteiger partial charge in [0.15, 0.2) is 0 Å². The van der Waals surface area contributed by atoms with Crippen molar-refractivity contribution in [1.82, 2.24) is 9.97 Å². The number of rotatable bonds is 5. The lowest BCUT2D eigenvalue weighted by Crippen LogP contribution is -2.14. The third-order valence-electron chi connectivity index (χ3n) is 4.59. The van der Waals surface area contributed by atoms with Crippen molar-refractivity contribution in [2.24, 2.45) is 0 Å². The normalized spacial score (nSPS) is 10.6. The molecule has 4 rings (SSSR count). The second kappa shape index (κ2) is 8.22. The van der Waals surface area contributed by atoms with Crippen LogP contribution in [0.25, 0.3) is 21.8 Å². The second-order valence-electron chi connectivity index (χ2n) is 6.52. The van der Waals surface area contributed by atoms with Crippen LogP contribution in [-0.2, 0) is 0 Å². The minimum absolute atomic E-state index is 0.0810. The molecule has 7 nitrogen and oxygen atoms in total. The van der Waals surface area contributed by atoms with Gasteiger partial charge in [0.25, 0.3) is 11.6 Å². The Kier molecular flexibility index (Phi) is 5.32. The van der Waals surface area contributed by atoms with E-state index < -0.39 is 10.8 Å². The van der Waals surface area contributed by atoms with Gasteiger partial charge in [0.05, 0.1) is 10.6 Å². The maximum atomic E-state index is 12.7. The van der Waals surface area contributed by atoms with E-state index in [1.165, 1.54) is 23.5 Å². The van der Waals surface area contributed by atoms with Crippen LogP contribution in [0, 0.1) is 17.0 Å². The van der Waals surface area contributed by atoms with Crippen LogP contribution >= 0.6 is 11.3 Å². The van der Waals surface area contributed by atoms with Crippen molar-refractivity contribution in [3.05, 3.63) is 93.6 Å². The summed E-state index contributed by atoms with van der Waals surface area (Å²) in [7, 11) is 0. The highest BCUT2D eigenvalue weighted by atomic mass is 32.1. The smallest absolute Gasteiger partial charge is 0.273 e. The Balaban J connectivity index is 1.58. The summed E-state index contributed by atoms with van der Waals surface area (Å²) < 4.78 is 0. The number of amides is 1. The molecule has 0 radical (unpaired) electrons. The van der Waals surface area contributed by atoms with Gasteiger partial charge in [0.2, 0.25) is 0 Å². The second-order valence-corrected chi connectivity index (χ2v) is 7.37. The molecule has 30 heavy (non-hydrogen) atoms. The molecule has 2 aromatic heterocycles. The number of thiazole rings is 1. The summed E-state index contributed by atoms with van der Waals surface area (Å²) in [5.74, 6) is -0.399.